The fourth-order valence-corrected chi connectivity index (χ4v) is 3.25. The Bertz CT molecular complexity index is 987. The first-order valence-electron chi connectivity index (χ1n) is 7.84. The van der Waals surface area contributed by atoms with Crippen molar-refractivity contribution in [3.8, 4) is 23.1 Å². The van der Waals surface area contributed by atoms with Crippen LogP contribution in [0.3, 0.4) is 0 Å². The van der Waals surface area contributed by atoms with E-state index in [2.05, 4.69) is 16.4 Å². The van der Waals surface area contributed by atoms with E-state index >= 15 is 0 Å². The van der Waals surface area contributed by atoms with Gasteiger partial charge in [-0.2, -0.15) is 5.26 Å². The highest BCUT2D eigenvalue weighted by Crippen LogP contribution is 2.27. The average molecular weight is 382 g/mol. The van der Waals surface area contributed by atoms with Crippen molar-refractivity contribution >= 4 is 34.2 Å². The summed E-state index contributed by atoms with van der Waals surface area (Å²) in [5.74, 6) is 0.794. The van der Waals surface area contributed by atoms with Crippen LogP contribution < -0.4 is 10.1 Å². The van der Waals surface area contributed by atoms with Gasteiger partial charge in [-0.05, 0) is 48.9 Å². The third kappa shape index (κ3) is 4.05. The van der Waals surface area contributed by atoms with Gasteiger partial charge in [0, 0.05) is 27.9 Å². The van der Waals surface area contributed by atoms with Gasteiger partial charge in [-0.25, -0.2) is 4.98 Å². The molecule has 2 aromatic carbocycles. The minimum Gasteiger partial charge on any atom is -0.497 e. The predicted octanol–water partition coefficient (Wildman–Crippen LogP) is 5.76. The van der Waals surface area contributed by atoms with E-state index < -0.39 is 0 Å². The Morgan fingerprint density at radius 2 is 2.04 bits per heavy atom. The standard InChI is InChI=1S/C20H16ClN3OS/c1-13-3-6-16(9-18(13)21)23-11-15(10-22)20-24-19(12-26-20)14-4-7-17(25-2)8-5-14/h3-9,11-12,23H,1-2H3/b15-11-. The van der Waals surface area contributed by atoms with Crippen LogP contribution in [-0.4, -0.2) is 12.1 Å². The monoisotopic (exact) mass is 381 g/mol. The number of nitriles is 1. The second kappa shape index (κ2) is 8.05. The van der Waals surface area contributed by atoms with Crippen LogP contribution in [0, 0.1) is 18.3 Å². The van der Waals surface area contributed by atoms with E-state index in [1.54, 1.807) is 13.3 Å². The summed E-state index contributed by atoms with van der Waals surface area (Å²) in [5.41, 5.74) is 4.09. The molecule has 1 heterocycles. The zero-order valence-corrected chi connectivity index (χ0v) is 15.9. The quantitative estimate of drug-likeness (QED) is 0.571. The van der Waals surface area contributed by atoms with Gasteiger partial charge in [0.05, 0.1) is 12.8 Å². The van der Waals surface area contributed by atoms with Crippen molar-refractivity contribution in [1.29, 1.82) is 5.26 Å². The summed E-state index contributed by atoms with van der Waals surface area (Å²) in [4.78, 5) is 4.57. The molecule has 0 aliphatic carbocycles. The highest BCUT2D eigenvalue weighted by atomic mass is 35.5. The fraction of sp³-hybridized carbons (Fsp3) is 0.100. The Morgan fingerprint density at radius 1 is 1.27 bits per heavy atom. The molecule has 0 aliphatic rings. The number of halogens is 1. The number of hydrogen-bond acceptors (Lipinski definition) is 5. The van der Waals surface area contributed by atoms with Crippen LogP contribution in [0.15, 0.2) is 54.0 Å². The molecule has 0 radical (unpaired) electrons. The molecule has 0 saturated heterocycles. The number of thiazole rings is 1. The molecule has 3 rings (SSSR count). The lowest BCUT2D eigenvalue weighted by molar-refractivity contribution is 0.415. The molecule has 0 aliphatic heterocycles. The normalized spacial score (nSPS) is 11.1. The Balaban J connectivity index is 1.81. The molecular formula is C20H16ClN3OS. The van der Waals surface area contributed by atoms with Gasteiger partial charge in [0.15, 0.2) is 0 Å². The van der Waals surface area contributed by atoms with E-state index in [1.807, 2.05) is 54.8 Å². The fourth-order valence-electron chi connectivity index (χ4n) is 2.27. The van der Waals surface area contributed by atoms with Crippen LogP contribution in [0.25, 0.3) is 16.8 Å². The number of allylic oxidation sites excluding steroid dienone is 1. The second-order valence-electron chi connectivity index (χ2n) is 5.54. The number of nitrogens with one attached hydrogen (secondary N) is 1. The number of anilines is 1. The number of hydrogen-bond donors (Lipinski definition) is 1. The summed E-state index contributed by atoms with van der Waals surface area (Å²) in [5, 5.41) is 15.8. The maximum atomic E-state index is 9.47. The van der Waals surface area contributed by atoms with Gasteiger partial charge >= 0.3 is 0 Å². The first-order chi connectivity index (χ1) is 12.6. The molecule has 1 N–H and O–H groups in total. The number of aryl methyl sites for hydroxylation is 1. The Morgan fingerprint density at radius 3 is 2.69 bits per heavy atom. The topological polar surface area (TPSA) is 57.9 Å². The summed E-state index contributed by atoms with van der Waals surface area (Å²) in [6.07, 6.45) is 1.65. The SMILES string of the molecule is COc1ccc(-c2csc(/C(C#N)=C\Nc3ccc(C)c(Cl)c3)n2)cc1. The molecule has 3 aromatic rings. The van der Waals surface area contributed by atoms with Gasteiger partial charge in [0.2, 0.25) is 0 Å². The number of aromatic nitrogens is 1. The average Bonchev–Trinajstić information content (AvgIpc) is 3.15. The third-order valence-electron chi connectivity index (χ3n) is 3.80. The zero-order chi connectivity index (χ0) is 18.5. The minimum absolute atomic E-state index is 0.464. The van der Waals surface area contributed by atoms with Crippen LogP contribution in [0.2, 0.25) is 5.02 Å². The molecular weight excluding hydrogens is 366 g/mol. The van der Waals surface area contributed by atoms with Crippen molar-refractivity contribution in [3.05, 3.63) is 69.6 Å². The van der Waals surface area contributed by atoms with Crippen molar-refractivity contribution in [1.82, 2.24) is 4.98 Å². The summed E-state index contributed by atoms with van der Waals surface area (Å²) in [7, 11) is 1.63. The highest BCUT2D eigenvalue weighted by Gasteiger charge is 2.09. The van der Waals surface area contributed by atoms with Crippen molar-refractivity contribution in [2.45, 2.75) is 6.92 Å². The van der Waals surface area contributed by atoms with Gasteiger partial charge in [0.25, 0.3) is 0 Å². The molecule has 6 heteroatoms. The summed E-state index contributed by atoms with van der Waals surface area (Å²) in [6.45, 7) is 1.94. The molecule has 0 saturated carbocycles. The van der Waals surface area contributed by atoms with Crippen LogP contribution in [-0.2, 0) is 0 Å². The Kier molecular flexibility index (Phi) is 5.57. The van der Waals surface area contributed by atoms with E-state index in [0.717, 1.165) is 28.3 Å². The van der Waals surface area contributed by atoms with Crippen LogP contribution in [0.1, 0.15) is 10.6 Å². The van der Waals surface area contributed by atoms with Gasteiger partial charge in [-0.3, -0.25) is 0 Å². The lowest BCUT2D eigenvalue weighted by Crippen LogP contribution is -1.91. The molecule has 1 aromatic heterocycles. The highest BCUT2D eigenvalue weighted by molar-refractivity contribution is 7.11. The van der Waals surface area contributed by atoms with E-state index in [9.17, 15) is 5.26 Å². The number of methoxy groups -OCH3 is 1. The second-order valence-corrected chi connectivity index (χ2v) is 6.81. The van der Waals surface area contributed by atoms with Gasteiger partial charge in [-0.15, -0.1) is 11.3 Å². The Hall–Kier alpha value is -2.81. The van der Waals surface area contributed by atoms with Crippen molar-refractivity contribution in [2.75, 3.05) is 12.4 Å². The van der Waals surface area contributed by atoms with Crippen molar-refractivity contribution in [3.63, 3.8) is 0 Å². The maximum Gasteiger partial charge on any atom is 0.136 e. The zero-order valence-electron chi connectivity index (χ0n) is 14.3. The minimum atomic E-state index is 0.464. The van der Waals surface area contributed by atoms with Gasteiger partial charge < -0.3 is 10.1 Å². The number of benzene rings is 2. The molecule has 0 atom stereocenters. The first-order valence-corrected chi connectivity index (χ1v) is 9.10. The molecule has 0 bridgehead atoms. The first kappa shape index (κ1) is 18.0. The number of ether oxygens (including phenoxy) is 1. The largest absolute Gasteiger partial charge is 0.497 e. The summed E-state index contributed by atoms with van der Waals surface area (Å²) < 4.78 is 5.17. The van der Waals surface area contributed by atoms with Crippen LogP contribution >= 0.6 is 22.9 Å². The van der Waals surface area contributed by atoms with Crippen molar-refractivity contribution < 1.29 is 4.74 Å². The molecule has 26 heavy (non-hydrogen) atoms. The molecule has 0 spiro atoms. The summed E-state index contributed by atoms with van der Waals surface area (Å²) in [6, 6.07) is 15.5. The molecule has 0 fully saturated rings. The van der Waals surface area contributed by atoms with E-state index in [-0.39, 0.29) is 0 Å². The molecule has 0 amide bonds. The van der Waals surface area contributed by atoms with Gasteiger partial charge in [0.1, 0.15) is 22.4 Å². The smallest absolute Gasteiger partial charge is 0.136 e. The number of rotatable bonds is 5. The van der Waals surface area contributed by atoms with E-state index in [0.29, 0.717) is 15.6 Å². The van der Waals surface area contributed by atoms with Gasteiger partial charge in [-0.1, -0.05) is 17.7 Å². The van der Waals surface area contributed by atoms with Crippen LogP contribution in [0.5, 0.6) is 5.75 Å². The van der Waals surface area contributed by atoms with Crippen molar-refractivity contribution in [2.24, 2.45) is 0 Å². The van der Waals surface area contributed by atoms with E-state index in [1.165, 1.54) is 11.3 Å². The van der Waals surface area contributed by atoms with Crippen LogP contribution in [0.4, 0.5) is 5.69 Å². The molecule has 0 unspecified atom stereocenters. The summed E-state index contributed by atoms with van der Waals surface area (Å²) >= 11 is 7.56. The predicted molar refractivity (Wildman–Crippen MR) is 108 cm³/mol. The molecule has 130 valence electrons. The lowest BCUT2D eigenvalue weighted by Gasteiger charge is -2.04. The van der Waals surface area contributed by atoms with E-state index in [4.69, 9.17) is 16.3 Å². The number of nitrogens with zero attached hydrogens (tertiary/aromatic N) is 2. The lowest BCUT2D eigenvalue weighted by atomic mass is 10.2. The Labute approximate surface area is 161 Å². The third-order valence-corrected chi connectivity index (χ3v) is 5.08. The maximum absolute atomic E-state index is 9.47. The molecule has 4 nitrogen and oxygen atoms in total.